The van der Waals surface area contributed by atoms with Gasteiger partial charge in [0.1, 0.15) is 0 Å². The average molecular weight is 395 g/mol. The molecular weight excluding hydrogens is 372 g/mol. The fourth-order valence-corrected chi connectivity index (χ4v) is 3.63. The summed E-state index contributed by atoms with van der Waals surface area (Å²) in [5.41, 5.74) is 2.72. The third-order valence-corrected chi connectivity index (χ3v) is 5.69. The standard InChI is InChI=1S/C19H23ClN2O3S/c1-14-8-4-6-10-17(14)15(2)21-19(23)13-22(26(3,24)25)12-16-9-5-7-11-18(16)20/h4-11,15H,12-13H2,1-3H3,(H,21,23)/t15-/m0/s1. The topological polar surface area (TPSA) is 66.5 Å². The van der Waals surface area contributed by atoms with Crippen molar-refractivity contribution in [3.05, 3.63) is 70.2 Å². The second kappa shape index (κ2) is 8.66. The molecule has 0 spiro atoms. The molecule has 26 heavy (non-hydrogen) atoms. The van der Waals surface area contributed by atoms with E-state index in [9.17, 15) is 13.2 Å². The van der Waals surface area contributed by atoms with E-state index in [1.54, 1.807) is 24.3 Å². The molecular formula is C19H23ClN2O3S. The molecule has 7 heteroatoms. The molecule has 0 aliphatic heterocycles. The summed E-state index contributed by atoms with van der Waals surface area (Å²) in [5.74, 6) is -0.363. The Kier molecular flexibility index (Phi) is 6.81. The van der Waals surface area contributed by atoms with Crippen LogP contribution in [0.5, 0.6) is 0 Å². The number of benzene rings is 2. The second-order valence-corrected chi connectivity index (χ2v) is 8.66. The Balaban J connectivity index is 2.10. The zero-order valence-electron chi connectivity index (χ0n) is 15.1. The predicted octanol–water partition coefficient (Wildman–Crippen LogP) is 3.29. The van der Waals surface area contributed by atoms with E-state index in [0.717, 1.165) is 21.7 Å². The number of sulfonamides is 1. The molecule has 0 aliphatic carbocycles. The molecule has 0 fully saturated rings. The molecule has 0 heterocycles. The van der Waals surface area contributed by atoms with Crippen LogP contribution in [0.15, 0.2) is 48.5 Å². The molecule has 0 aliphatic rings. The fourth-order valence-electron chi connectivity index (χ4n) is 2.70. The lowest BCUT2D eigenvalue weighted by molar-refractivity contribution is -0.122. The van der Waals surface area contributed by atoms with Gasteiger partial charge in [0.25, 0.3) is 0 Å². The third-order valence-electron chi connectivity index (χ3n) is 4.13. The number of carbonyl (C=O) groups is 1. The number of amides is 1. The van der Waals surface area contributed by atoms with E-state index in [4.69, 9.17) is 11.6 Å². The van der Waals surface area contributed by atoms with Crippen LogP contribution in [-0.4, -0.2) is 31.4 Å². The largest absolute Gasteiger partial charge is 0.348 e. The van der Waals surface area contributed by atoms with Crippen molar-refractivity contribution < 1.29 is 13.2 Å². The van der Waals surface area contributed by atoms with Gasteiger partial charge in [0.05, 0.1) is 18.8 Å². The molecule has 0 radical (unpaired) electrons. The van der Waals surface area contributed by atoms with Gasteiger partial charge in [-0.05, 0) is 36.6 Å². The summed E-state index contributed by atoms with van der Waals surface area (Å²) >= 11 is 6.11. The van der Waals surface area contributed by atoms with Gasteiger partial charge < -0.3 is 5.32 Å². The Hall–Kier alpha value is -1.89. The normalized spacial score (nSPS) is 12.8. The molecule has 5 nitrogen and oxygen atoms in total. The molecule has 0 aromatic heterocycles. The maximum atomic E-state index is 12.4. The zero-order chi connectivity index (χ0) is 19.3. The average Bonchev–Trinajstić information content (AvgIpc) is 2.55. The van der Waals surface area contributed by atoms with Crippen molar-refractivity contribution >= 4 is 27.5 Å². The van der Waals surface area contributed by atoms with Crippen LogP contribution in [0.4, 0.5) is 0 Å². The highest BCUT2D eigenvalue weighted by Crippen LogP contribution is 2.19. The lowest BCUT2D eigenvalue weighted by atomic mass is 10.0. The van der Waals surface area contributed by atoms with Gasteiger partial charge in [-0.1, -0.05) is 54.1 Å². The first kappa shape index (κ1) is 20.4. The number of rotatable bonds is 7. The third kappa shape index (κ3) is 5.56. The lowest BCUT2D eigenvalue weighted by Gasteiger charge is -2.22. The number of hydrogen-bond donors (Lipinski definition) is 1. The van der Waals surface area contributed by atoms with Gasteiger partial charge in [-0.15, -0.1) is 0 Å². The fraction of sp³-hybridized carbons (Fsp3) is 0.316. The summed E-state index contributed by atoms with van der Waals surface area (Å²) in [6, 6.07) is 14.5. The van der Waals surface area contributed by atoms with Gasteiger partial charge in [0.15, 0.2) is 0 Å². The van der Waals surface area contributed by atoms with Crippen molar-refractivity contribution in [1.29, 1.82) is 0 Å². The maximum Gasteiger partial charge on any atom is 0.235 e. The van der Waals surface area contributed by atoms with E-state index in [-0.39, 0.29) is 25.0 Å². The molecule has 0 unspecified atom stereocenters. The van der Waals surface area contributed by atoms with Crippen LogP contribution in [0.2, 0.25) is 5.02 Å². The minimum atomic E-state index is -3.57. The summed E-state index contributed by atoms with van der Waals surface area (Å²) in [4.78, 5) is 12.4. The number of nitrogens with zero attached hydrogens (tertiary/aromatic N) is 1. The quantitative estimate of drug-likeness (QED) is 0.783. The van der Waals surface area contributed by atoms with Gasteiger partial charge >= 0.3 is 0 Å². The first-order chi connectivity index (χ1) is 12.2. The van der Waals surface area contributed by atoms with Crippen LogP contribution in [0.1, 0.15) is 29.7 Å². The van der Waals surface area contributed by atoms with Gasteiger partial charge in [0, 0.05) is 11.6 Å². The highest BCUT2D eigenvalue weighted by Gasteiger charge is 2.22. The molecule has 2 aromatic carbocycles. The van der Waals surface area contributed by atoms with Crippen LogP contribution < -0.4 is 5.32 Å². The Morgan fingerprint density at radius 2 is 1.77 bits per heavy atom. The van der Waals surface area contributed by atoms with E-state index in [1.165, 1.54) is 0 Å². The minimum Gasteiger partial charge on any atom is -0.348 e. The summed E-state index contributed by atoms with van der Waals surface area (Å²) in [6.07, 6.45) is 1.09. The molecule has 2 aromatic rings. The van der Waals surface area contributed by atoms with Crippen LogP contribution in [-0.2, 0) is 21.4 Å². The summed E-state index contributed by atoms with van der Waals surface area (Å²) < 4.78 is 25.3. The van der Waals surface area contributed by atoms with Gasteiger partial charge in [-0.25, -0.2) is 8.42 Å². The number of nitrogens with one attached hydrogen (secondary N) is 1. The first-order valence-corrected chi connectivity index (χ1v) is 10.4. The van der Waals surface area contributed by atoms with Crippen molar-refractivity contribution in [3.8, 4) is 0 Å². The highest BCUT2D eigenvalue weighted by atomic mass is 35.5. The lowest BCUT2D eigenvalue weighted by Crippen LogP contribution is -2.40. The Morgan fingerprint density at radius 1 is 1.15 bits per heavy atom. The Bertz CT molecular complexity index is 884. The van der Waals surface area contributed by atoms with Crippen LogP contribution >= 0.6 is 11.6 Å². The van der Waals surface area contributed by atoms with Crippen LogP contribution in [0, 0.1) is 6.92 Å². The van der Waals surface area contributed by atoms with Gasteiger partial charge in [-0.3, -0.25) is 4.79 Å². The molecule has 140 valence electrons. The summed E-state index contributed by atoms with van der Waals surface area (Å²) in [7, 11) is -3.57. The molecule has 0 saturated heterocycles. The number of halogens is 1. The van der Waals surface area contributed by atoms with E-state index < -0.39 is 10.0 Å². The summed E-state index contributed by atoms with van der Waals surface area (Å²) in [5, 5.41) is 3.33. The number of aryl methyl sites for hydroxylation is 1. The number of hydrogen-bond acceptors (Lipinski definition) is 3. The molecule has 1 N–H and O–H groups in total. The van der Waals surface area contributed by atoms with E-state index in [0.29, 0.717) is 10.6 Å². The molecule has 1 atom stereocenters. The second-order valence-electron chi connectivity index (χ2n) is 6.27. The zero-order valence-corrected chi connectivity index (χ0v) is 16.6. The van der Waals surface area contributed by atoms with E-state index >= 15 is 0 Å². The van der Waals surface area contributed by atoms with Crippen molar-refractivity contribution in [2.24, 2.45) is 0 Å². The predicted molar refractivity (Wildman–Crippen MR) is 104 cm³/mol. The van der Waals surface area contributed by atoms with Crippen molar-refractivity contribution in [2.45, 2.75) is 26.4 Å². The molecule has 0 saturated carbocycles. The van der Waals surface area contributed by atoms with Crippen molar-refractivity contribution in [2.75, 3.05) is 12.8 Å². The SMILES string of the molecule is Cc1ccccc1[C@H](C)NC(=O)CN(Cc1ccccc1Cl)S(C)(=O)=O. The van der Waals surface area contributed by atoms with Crippen LogP contribution in [0.25, 0.3) is 0 Å². The van der Waals surface area contributed by atoms with E-state index in [1.807, 2.05) is 38.1 Å². The summed E-state index contributed by atoms with van der Waals surface area (Å²) in [6.45, 7) is 3.63. The van der Waals surface area contributed by atoms with Gasteiger partial charge in [0.2, 0.25) is 15.9 Å². The van der Waals surface area contributed by atoms with Crippen LogP contribution in [0.3, 0.4) is 0 Å². The highest BCUT2D eigenvalue weighted by molar-refractivity contribution is 7.88. The molecule has 2 rings (SSSR count). The molecule has 1 amide bonds. The maximum absolute atomic E-state index is 12.4. The van der Waals surface area contributed by atoms with Crippen molar-refractivity contribution in [1.82, 2.24) is 9.62 Å². The monoisotopic (exact) mass is 394 g/mol. The molecule has 0 bridgehead atoms. The first-order valence-electron chi connectivity index (χ1n) is 8.22. The smallest absolute Gasteiger partial charge is 0.235 e. The Morgan fingerprint density at radius 3 is 2.38 bits per heavy atom. The van der Waals surface area contributed by atoms with E-state index in [2.05, 4.69) is 5.32 Å². The van der Waals surface area contributed by atoms with Crippen molar-refractivity contribution in [3.63, 3.8) is 0 Å². The number of carbonyl (C=O) groups excluding carboxylic acids is 1. The minimum absolute atomic E-state index is 0.0463. The van der Waals surface area contributed by atoms with Gasteiger partial charge in [-0.2, -0.15) is 4.31 Å². The Labute approximate surface area is 160 Å².